The van der Waals surface area contributed by atoms with Crippen molar-refractivity contribution in [2.45, 2.75) is 38.1 Å². The van der Waals surface area contributed by atoms with E-state index in [1.165, 1.54) is 12.0 Å². The molecule has 3 rings (SSSR count). The monoisotopic (exact) mass is 272 g/mol. The highest BCUT2D eigenvalue weighted by Gasteiger charge is 2.42. The highest BCUT2D eigenvalue weighted by Crippen LogP contribution is 2.37. The van der Waals surface area contributed by atoms with Gasteiger partial charge in [-0.05, 0) is 43.1 Å². The van der Waals surface area contributed by atoms with Crippen molar-refractivity contribution in [3.05, 3.63) is 35.9 Å². The van der Waals surface area contributed by atoms with Crippen LogP contribution >= 0.6 is 0 Å². The minimum atomic E-state index is 0.321. The molecule has 3 unspecified atom stereocenters. The zero-order chi connectivity index (χ0) is 13.9. The van der Waals surface area contributed by atoms with E-state index in [0.717, 1.165) is 32.4 Å². The second-order valence-electron chi connectivity index (χ2n) is 6.30. The minimum Gasteiger partial charge on any atom is -0.342 e. The second kappa shape index (κ2) is 5.96. The second-order valence-corrected chi connectivity index (χ2v) is 6.30. The van der Waals surface area contributed by atoms with Gasteiger partial charge in [-0.2, -0.15) is 0 Å². The highest BCUT2D eigenvalue weighted by atomic mass is 16.2. The number of hydrogen-bond donors (Lipinski definition) is 1. The van der Waals surface area contributed by atoms with E-state index in [2.05, 4.69) is 29.2 Å². The molecule has 2 fully saturated rings. The Morgan fingerprint density at radius 3 is 2.75 bits per heavy atom. The Morgan fingerprint density at radius 2 is 2.00 bits per heavy atom. The fraction of sp³-hybridized carbons (Fsp3) is 0.588. The normalized spacial score (nSPS) is 28.6. The van der Waals surface area contributed by atoms with E-state index >= 15 is 0 Å². The summed E-state index contributed by atoms with van der Waals surface area (Å²) in [4.78, 5) is 14.3. The van der Waals surface area contributed by atoms with Crippen molar-refractivity contribution in [2.24, 2.45) is 17.6 Å². The van der Waals surface area contributed by atoms with Crippen LogP contribution in [-0.4, -0.2) is 29.9 Å². The summed E-state index contributed by atoms with van der Waals surface area (Å²) in [5.74, 6) is 1.55. The maximum Gasteiger partial charge on any atom is 0.222 e. The van der Waals surface area contributed by atoms with Crippen LogP contribution in [0.1, 0.15) is 31.2 Å². The molecular formula is C17H24N2O. The Balaban J connectivity index is 1.44. The molecule has 2 N–H and O–H groups in total. The minimum absolute atomic E-state index is 0.321. The number of hydrogen-bond acceptors (Lipinski definition) is 2. The van der Waals surface area contributed by atoms with E-state index < -0.39 is 0 Å². The number of likely N-dealkylation sites (tertiary alicyclic amines) is 1. The van der Waals surface area contributed by atoms with Gasteiger partial charge in [0, 0.05) is 25.6 Å². The molecule has 1 saturated heterocycles. The summed E-state index contributed by atoms with van der Waals surface area (Å²) in [7, 11) is 0. The van der Waals surface area contributed by atoms with E-state index in [4.69, 9.17) is 5.73 Å². The number of nitrogens with two attached hydrogens (primary N) is 1. The summed E-state index contributed by atoms with van der Waals surface area (Å²) in [5.41, 5.74) is 7.44. The van der Waals surface area contributed by atoms with Crippen molar-refractivity contribution < 1.29 is 4.79 Å². The molecule has 1 amide bonds. The number of carbonyl (C=O) groups is 1. The molecule has 108 valence electrons. The van der Waals surface area contributed by atoms with Crippen LogP contribution < -0.4 is 5.73 Å². The molecule has 1 heterocycles. The fourth-order valence-electron chi connectivity index (χ4n) is 3.76. The van der Waals surface area contributed by atoms with Crippen LogP contribution in [0.4, 0.5) is 0 Å². The summed E-state index contributed by atoms with van der Waals surface area (Å²) in [6.45, 7) is 1.85. The lowest BCUT2D eigenvalue weighted by atomic mass is 9.98. The van der Waals surface area contributed by atoms with Crippen LogP contribution in [0.5, 0.6) is 0 Å². The lowest BCUT2D eigenvalue weighted by Gasteiger charge is -2.18. The number of carbonyl (C=O) groups excluding carboxylic acids is 1. The molecule has 1 aromatic carbocycles. The molecule has 20 heavy (non-hydrogen) atoms. The number of fused-ring (bicyclic) bond motifs is 1. The zero-order valence-electron chi connectivity index (χ0n) is 12.0. The van der Waals surface area contributed by atoms with Crippen LogP contribution in [0, 0.1) is 11.8 Å². The molecule has 3 heteroatoms. The standard InChI is InChI=1S/C17H24N2O/c18-16-10-9-14-11-19(12-15(14)16)17(20)8-4-7-13-5-2-1-3-6-13/h1-3,5-6,14-16H,4,7-12,18H2. The SMILES string of the molecule is NC1CCC2CN(C(=O)CCCc3ccccc3)CC12. The molecule has 0 bridgehead atoms. The molecule has 2 aliphatic rings. The van der Waals surface area contributed by atoms with E-state index in [1.807, 2.05) is 6.07 Å². The van der Waals surface area contributed by atoms with E-state index in [-0.39, 0.29) is 0 Å². The van der Waals surface area contributed by atoms with E-state index in [0.29, 0.717) is 30.2 Å². The van der Waals surface area contributed by atoms with Gasteiger partial charge in [-0.25, -0.2) is 0 Å². The third kappa shape index (κ3) is 2.88. The lowest BCUT2D eigenvalue weighted by Crippen LogP contribution is -2.33. The Morgan fingerprint density at radius 1 is 1.20 bits per heavy atom. The summed E-state index contributed by atoms with van der Waals surface area (Å²) >= 11 is 0. The summed E-state index contributed by atoms with van der Waals surface area (Å²) in [6.07, 6.45) is 4.96. The van der Waals surface area contributed by atoms with Gasteiger partial charge in [0.25, 0.3) is 0 Å². The summed E-state index contributed by atoms with van der Waals surface area (Å²) in [5, 5.41) is 0. The van der Waals surface area contributed by atoms with Gasteiger partial charge in [0.05, 0.1) is 0 Å². The predicted molar refractivity (Wildman–Crippen MR) is 80.1 cm³/mol. The van der Waals surface area contributed by atoms with Crippen molar-refractivity contribution in [3.8, 4) is 0 Å². The quantitative estimate of drug-likeness (QED) is 0.913. The maximum atomic E-state index is 12.3. The molecule has 1 saturated carbocycles. The largest absolute Gasteiger partial charge is 0.342 e. The third-order valence-corrected chi connectivity index (χ3v) is 4.96. The van der Waals surface area contributed by atoms with Gasteiger partial charge < -0.3 is 10.6 Å². The van der Waals surface area contributed by atoms with E-state index in [9.17, 15) is 4.79 Å². The van der Waals surface area contributed by atoms with E-state index in [1.54, 1.807) is 0 Å². The Bertz CT molecular complexity index is 459. The molecule has 0 radical (unpaired) electrons. The molecule has 3 nitrogen and oxygen atoms in total. The van der Waals surface area contributed by atoms with Crippen LogP contribution in [0.25, 0.3) is 0 Å². The molecule has 1 aliphatic heterocycles. The molecule has 0 spiro atoms. The first-order valence-corrected chi connectivity index (χ1v) is 7.81. The summed E-state index contributed by atoms with van der Waals surface area (Å²) in [6, 6.07) is 10.7. The number of rotatable bonds is 4. The van der Waals surface area contributed by atoms with Crippen LogP contribution in [0.15, 0.2) is 30.3 Å². The van der Waals surface area contributed by atoms with Crippen LogP contribution in [0.3, 0.4) is 0 Å². The zero-order valence-corrected chi connectivity index (χ0v) is 12.0. The fourth-order valence-corrected chi connectivity index (χ4v) is 3.76. The average molecular weight is 272 g/mol. The Hall–Kier alpha value is -1.35. The first kappa shape index (κ1) is 13.6. The molecule has 1 aliphatic carbocycles. The van der Waals surface area contributed by atoms with Crippen molar-refractivity contribution in [3.63, 3.8) is 0 Å². The molecule has 1 aromatic rings. The van der Waals surface area contributed by atoms with Gasteiger partial charge in [-0.15, -0.1) is 0 Å². The number of nitrogens with zero attached hydrogens (tertiary/aromatic N) is 1. The summed E-state index contributed by atoms with van der Waals surface area (Å²) < 4.78 is 0. The first-order valence-electron chi connectivity index (χ1n) is 7.81. The van der Waals surface area contributed by atoms with Gasteiger partial charge in [-0.3, -0.25) is 4.79 Å². The maximum absolute atomic E-state index is 12.3. The van der Waals surface area contributed by atoms with Gasteiger partial charge in [-0.1, -0.05) is 30.3 Å². The predicted octanol–water partition coefficient (Wildman–Crippen LogP) is 2.21. The topological polar surface area (TPSA) is 46.3 Å². The van der Waals surface area contributed by atoms with Crippen LogP contribution in [-0.2, 0) is 11.2 Å². The molecule has 3 atom stereocenters. The number of amides is 1. The van der Waals surface area contributed by atoms with Crippen molar-refractivity contribution in [1.82, 2.24) is 4.90 Å². The lowest BCUT2D eigenvalue weighted by molar-refractivity contribution is -0.130. The number of benzene rings is 1. The number of aryl methyl sites for hydroxylation is 1. The average Bonchev–Trinajstić information content (AvgIpc) is 3.03. The van der Waals surface area contributed by atoms with Crippen molar-refractivity contribution in [2.75, 3.05) is 13.1 Å². The van der Waals surface area contributed by atoms with Gasteiger partial charge in [0.15, 0.2) is 0 Å². The third-order valence-electron chi connectivity index (χ3n) is 4.96. The van der Waals surface area contributed by atoms with Crippen molar-refractivity contribution >= 4 is 5.91 Å². The van der Waals surface area contributed by atoms with Crippen LogP contribution in [0.2, 0.25) is 0 Å². The van der Waals surface area contributed by atoms with Crippen molar-refractivity contribution in [1.29, 1.82) is 0 Å². The van der Waals surface area contributed by atoms with Gasteiger partial charge >= 0.3 is 0 Å². The highest BCUT2D eigenvalue weighted by molar-refractivity contribution is 5.76. The first-order chi connectivity index (χ1) is 9.74. The Kier molecular flexibility index (Phi) is 4.06. The smallest absolute Gasteiger partial charge is 0.222 e. The van der Waals surface area contributed by atoms with Gasteiger partial charge in [0.2, 0.25) is 5.91 Å². The molecule has 0 aromatic heterocycles. The van der Waals surface area contributed by atoms with Gasteiger partial charge in [0.1, 0.15) is 0 Å². The molecular weight excluding hydrogens is 248 g/mol. The Labute approximate surface area is 121 Å².